The normalized spacial score (nSPS) is 11.7. The van der Waals surface area contributed by atoms with Gasteiger partial charge in [0, 0.05) is 23.2 Å². The summed E-state index contributed by atoms with van der Waals surface area (Å²) in [4.78, 5) is 14.2. The van der Waals surface area contributed by atoms with Gasteiger partial charge < -0.3 is 14.4 Å². The van der Waals surface area contributed by atoms with Gasteiger partial charge in [0.1, 0.15) is 11.5 Å². The summed E-state index contributed by atoms with van der Waals surface area (Å²) in [6.45, 7) is 0.298. The van der Waals surface area contributed by atoms with Gasteiger partial charge in [-0.25, -0.2) is 4.79 Å². The Labute approximate surface area is 182 Å². The third-order valence-corrected chi connectivity index (χ3v) is 4.83. The molecule has 0 fully saturated rings. The average Bonchev–Trinajstić information content (AvgIpc) is 2.74. The molecule has 6 heteroatoms. The van der Waals surface area contributed by atoms with Gasteiger partial charge >= 0.3 is 6.09 Å². The van der Waals surface area contributed by atoms with Gasteiger partial charge in [0.05, 0.1) is 6.61 Å². The molecule has 0 aliphatic heterocycles. The number of carbonyl (C=O) groups excluding carboxylic acids is 1. The number of para-hydroxylation sites is 1. The molecule has 0 heterocycles. The highest BCUT2D eigenvalue weighted by Crippen LogP contribution is 2.24. The quantitative estimate of drug-likeness (QED) is 0.456. The van der Waals surface area contributed by atoms with Crippen LogP contribution in [0.15, 0.2) is 78.9 Å². The minimum atomic E-state index is -0.486. The number of hydrogen-bond donors (Lipinski definition) is 1. The van der Waals surface area contributed by atoms with E-state index >= 15 is 0 Å². The van der Waals surface area contributed by atoms with E-state index in [-0.39, 0.29) is 6.04 Å². The Bertz CT molecular complexity index is 929. The number of amides is 1. The lowest BCUT2D eigenvalue weighted by molar-refractivity contribution is 0.145. The smallest absolute Gasteiger partial charge is 0.411 e. The maximum atomic E-state index is 12.1. The number of ether oxygens (including phenoxy) is 2. The van der Waals surface area contributed by atoms with E-state index in [1.165, 1.54) is 0 Å². The molecule has 0 aliphatic rings. The van der Waals surface area contributed by atoms with E-state index in [1.54, 1.807) is 24.3 Å². The Balaban J connectivity index is 1.47. The zero-order chi connectivity index (χ0) is 21.3. The summed E-state index contributed by atoms with van der Waals surface area (Å²) in [5.41, 5.74) is 1.77. The number of benzene rings is 3. The first kappa shape index (κ1) is 21.7. The molecule has 156 valence electrons. The second-order valence-electron chi connectivity index (χ2n) is 7.02. The molecule has 0 radical (unpaired) electrons. The molecule has 0 saturated heterocycles. The minimum absolute atomic E-state index is 0.129. The van der Waals surface area contributed by atoms with Gasteiger partial charge in [-0.15, -0.1) is 0 Å². The van der Waals surface area contributed by atoms with Crippen molar-refractivity contribution in [3.8, 4) is 11.5 Å². The van der Waals surface area contributed by atoms with Crippen molar-refractivity contribution < 1.29 is 14.3 Å². The molecule has 1 atom stereocenters. The van der Waals surface area contributed by atoms with Crippen molar-refractivity contribution in [3.05, 3.63) is 89.4 Å². The maximum absolute atomic E-state index is 12.1. The van der Waals surface area contributed by atoms with Crippen molar-refractivity contribution in [2.45, 2.75) is 12.5 Å². The molecule has 3 rings (SSSR count). The van der Waals surface area contributed by atoms with Crippen molar-refractivity contribution in [1.29, 1.82) is 0 Å². The molecule has 3 aromatic rings. The average molecular weight is 425 g/mol. The summed E-state index contributed by atoms with van der Waals surface area (Å²) in [5.74, 6) is 1.45. The number of halogens is 1. The Morgan fingerprint density at radius 1 is 0.933 bits per heavy atom. The van der Waals surface area contributed by atoms with Crippen LogP contribution in [0.25, 0.3) is 0 Å². The summed E-state index contributed by atoms with van der Waals surface area (Å²) in [5, 5.41) is 3.44. The Morgan fingerprint density at radius 3 is 2.20 bits per heavy atom. The summed E-state index contributed by atoms with van der Waals surface area (Å²) in [6, 6.07) is 24.5. The topological polar surface area (TPSA) is 50.8 Å². The van der Waals surface area contributed by atoms with Crippen LogP contribution in [0.2, 0.25) is 5.02 Å². The van der Waals surface area contributed by atoms with E-state index < -0.39 is 6.09 Å². The Morgan fingerprint density at radius 2 is 1.57 bits per heavy atom. The van der Waals surface area contributed by atoms with Crippen LogP contribution in [-0.2, 0) is 4.74 Å². The largest absolute Gasteiger partial charge is 0.457 e. The lowest BCUT2D eigenvalue weighted by Gasteiger charge is -2.24. The molecular formula is C24H25ClN2O3. The highest BCUT2D eigenvalue weighted by Gasteiger charge is 2.15. The zero-order valence-electron chi connectivity index (χ0n) is 17.0. The van der Waals surface area contributed by atoms with Gasteiger partial charge in [-0.3, -0.25) is 5.32 Å². The second-order valence-corrected chi connectivity index (χ2v) is 7.46. The first-order valence-electron chi connectivity index (χ1n) is 9.70. The molecule has 30 heavy (non-hydrogen) atoms. The van der Waals surface area contributed by atoms with Gasteiger partial charge in [0.25, 0.3) is 0 Å². The molecule has 1 unspecified atom stereocenters. The zero-order valence-corrected chi connectivity index (χ0v) is 17.8. The highest BCUT2D eigenvalue weighted by molar-refractivity contribution is 6.30. The van der Waals surface area contributed by atoms with Crippen molar-refractivity contribution >= 4 is 23.4 Å². The van der Waals surface area contributed by atoms with Crippen molar-refractivity contribution in [2.75, 3.05) is 26.0 Å². The monoisotopic (exact) mass is 424 g/mol. The van der Waals surface area contributed by atoms with Gasteiger partial charge in [-0.05, 0) is 68.2 Å². The fourth-order valence-electron chi connectivity index (χ4n) is 3.06. The fraction of sp³-hybridized carbons (Fsp3) is 0.208. The molecule has 5 nitrogen and oxygen atoms in total. The number of nitrogens with zero attached hydrogens (tertiary/aromatic N) is 1. The van der Waals surface area contributed by atoms with E-state index in [4.69, 9.17) is 21.1 Å². The van der Waals surface area contributed by atoms with Crippen molar-refractivity contribution in [2.24, 2.45) is 0 Å². The van der Waals surface area contributed by atoms with Crippen LogP contribution >= 0.6 is 11.6 Å². The van der Waals surface area contributed by atoms with Gasteiger partial charge in [0.15, 0.2) is 0 Å². The molecule has 0 saturated carbocycles. The molecule has 0 bridgehead atoms. The van der Waals surface area contributed by atoms with Crippen molar-refractivity contribution in [1.82, 2.24) is 4.90 Å². The van der Waals surface area contributed by atoms with E-state index in [0.29, 0.717) is 29.5 Å². The molecule has 1 amide bonds. The second kappa shape index (κ2) is 10.7. The van der Waals surface area contributed by atoms with E-state index in [9.17, 15) is 4.79 Å². The van der Waals surface area contributed by atoms with E-state index in [1.807, 2.05) is 68.7 Å². The number of carbonyl (C=O) groups is 1. The summed E-state index contributed by atoms with van der Waals surface area (Å²) in [7, 11) is 4.00. The van der Waals surface area contributed by atoms with Crippen LogP contribution in [0.1, 0.15) is 18.0 Å². The predicted octanol–water partition coefficient (Wildman–Crippen LogP) is 6.37. The molecule has 0 aromatic heterocycles. The van der Waals surface area contributed by atoms with Crippen LogP contribution in [-0.4, -0.2) is 31.7 Å². The number of rotatable bonds is 8. The number of anilines is 1. The standard InChI is InChI=1S/C24H25ClN2O3/c1-27(2)23(18-8-10-19(25)11-9-18)16-17-29-24(28)26-20-12-14-22(15-13-20)30-21-6-4-3-5-7-21/h3-15,23H,16-17H2,1-2H3,(H,26,28). The van der Waals surface area contributed by atoms with Crippen LogP contribution in [0.5, 0.6) is 11.5 Å². The summed E-state index contributed by atoms with van der Waals surface area (Å²) < 4.78 is 11.1. The lowest BCUT2D eigenvalue weighted by atomic mass is 10.0. The predicted molar refractivity (Wildman–Crippen MR) is 120 cm³/mol. The summed E-state index contributed by atoms with van der Waals surface area (Å²) >= 11 is 5.97. The molecule has 1 N–H and O–H groups in total. The molecular weight excluding hydrogens is 400 g/mol. The van der Waals surface area contributed by atoms with Gasteiger partial charge in [-0.1, -0.05) is 41.9 Å². The first-order valence-corrected chi connectivity index (χ1v) is 10.1. The van der Waals surface area contributed by atoms with E-state index in [0.717, 1.165) is 11.3 Å². The number of nitrogens with one attached hydrogen (secondary N) is 1. The van der Waals surface area contributed by atoms with Crippen LogP contribution in [0, 0.1) is 0 Å². The van der Waals surface area contributed by atoms with Crippen LogP contribution in [0.4, 0.5) is 10.5 Å². The molecule has 3 aromatic carbocycles. The minimum Gasteiger partial charge on any atom is -0.457 e. The maximum Gasteiger partial charge on any atom is 0.411 e. The van der Waals surface area contributed by atoms with Gasteiger partial charge in [0.2, 0.25) is 0 Å². The summed E-state index contributed by atoms with van der Waals surface area (Å²) in [6.07, 6.45) is 0.187. The number of hydrogen-bond acceptors (Lipinski definition) is 4. The SMILES string of the molecule is CN(C)C(CCOC(=O)Nc1ccc(Oc2ccccc2)cc1)c1ccc(Cl)cc1. The van der Waals surface area contributed by atoms with Crippen LogP contribution < -0.4 is 10.1 Å². The van der Waals surface area contributed by atoms with Gasteiger partial charge in [-0.2, -0.15) is 0 Å². The Kier molecular flexibility index (Phi) is 7.71. The molecule has 0 spiro atoms. The van der Waals surface area contributed by atoms with E-state index in [2.05, 4.69) is 10.2 Å². The lowest BCUT2D eigenvalue weighted by Crippen LogP contribution is -2.23. The Hall–Kier alpha value is -3.02. The first-order chi connectivity index (χ1) is 14.5. The highest BCUT2D eigenvalue weighted by atomic mass is 35.5. The van der Waals surface area contributed by atoms with Crippen molar-refractivity contribution in [3.63, 3.8) is 0 Å². The fourth-order valence-corrected chi connectivity index (χ4v) is 3.18. The van der Waals surface area contributed by atoms with Crippen LogP contribution in [0.3, 0.4) is 0 Å². The molecule has 0 aliphatic carbocycles. The third-order valence-electron chi connectivity index (χ3n) is 4.58. The third kappa shape index (κ3) is 6.51.